The summed E-state index contributed by atoms with van der Waals surface area (Å²) in [7, 11) is 0. The van der Waals surface area contributed by atoms with Crippen molar-refractivity contribution in [2.45, 2.75) is 39.0 Å². The Morgan fingerprint density at radius 3 is 2.67 bits per heavy atom. The van der Waals surface area contributed by atoms with Gasteiger partial charge in [-0.25, -0.2) is 4.98 Å². The van der Waals surface area contributed by atoms with E-state index in [1.165, 1.54) is 0 Å². The molecule has 2 aromatic heterocycles. The highest BCUT2D eigenvalue weighted by Gasteiger charge is 2.23. The van der Waals surface area contributed by atoms with Gasteiger partial charge in [-0.3, -0.25) is 9.48 Å². The van der Waals surface area contributed by atoms with Crippen LogP contribution in [0.2, 0.25) is 0 Å². The average Bonchev–Trinajstić information content (AvgIpc) is 3.08. The summed E-state index contributed by atoms with van der Waals surface area (Å²) in [5, 5.41) is 6.96. The Morgan fingerprint density at radius 2 is 2.08 bits per heavy atom. The number of carbonyl (C=O) groups is 1. The van der Waals surface area contributed by atoms with Gasteiger partial charge in [0.05, 0.1) is 24.1 Å². The van der Waals surface area contributed by atoms with Crippen LogP contribution in [0.1, 0.15) is 26.8 Å². The highest BCUT2D eigenvalue weighted by Crippen LogP contribution is 2.20. The first-order valence-electron chi connectivity index (χ1n) is 8.19. The lowest BCUT2D eigenvalue weighted by Gasteiger charge is -2.36. The summed E-state index contributed by atoms with van der Waals surface area (Å²) in [6.07, 6.45) is 5.49. The van der Waals surface area contributed by atoms with Crippen LogP contribution in [0.25, 0.3) is 0 Å². The molecule has 1 amide bonds. The van der Waals surface area contributed by atoms with Crippen LogP contribution in [0.5, 0.6) is 0 Å². The van der Waals surface area contributed by atoms with Gasteiger partial charge in [-0.1, -0.05) is 0 Å². The fourth-order valence-electron chi connectivity index (χ4n) is 2.89. The number of ether oxygens (including phenoxy) is 1. The van der Waals surface area contributed by atoms with E-state index < -0.39 is 0 Å². The van der Waals surface area contributed by atoms with Gasteiger partial charge in [-0.05, 0) is 39.0 Å². The van der Waals surface area contributed by atoms with Crippen molar-refractivity contribution in [1.29, 1.82) is 0 Å². The van der Waals surface area contributed by atoms with E-state index in [0.717, 1.165) is 18.9 Å². The Kier molecular flexibility index (Phi) is 4.80. The summed E-state index contributed by atoms with van der Waals surface area (Å²) in [5.41, 5.74) is 0.678. The van der Waals surface area contributed by atoms with Crippen LogP contribution in [0, 0.1) is 0 Å². The quantitative estimate of drug-likeness (QED) is 0.930. The van der Waals surface area contributed by atoms with Gasteiger partial charge >= 0.3 is 0 Å². The predicted molar refractivity (Wildman–Crippen MR) is 92.0 cm³/mol. The Hall–Kier alpha value is -2.41. The molecule has 3 rings (SSSR count). The number of nitrogens with one attached hydrogen (secondary N) is 1. The Bertz CT molecular complexity index is 661. The molecule has 0 aliphatic carbocycles. The second-order valence-corrected chi connectivity index (χ2v) is 6.22. The third-order valence-corrected chi connectivity index (χ3v) is 4.06. The van der Waals surface area contributed by atoms with Crippen molar-refractivity contribution in [2.24, 2.45) is 0 Å². The number of morpholine rings is 1. The van der Waals surface area contributed by atoms with Crippen molar-refractivity contribution in [2.75, 3.05) is 23.3 Å². The molecule has 1 saturated heterocycles. The van der Waals surface area contributed by atoms with E-state index in [-0.39, 0.29) is 24.2 Å². The average molecular weight is 329 g/mol. The maximum Gasteiger partial charge on any atom is 0.248 e. The molecule has 0 radical (unpaired) electrons. The Balaban J connectivity index is 1.63. The molecule has 3 atom stereocenters. The molecule has 0 unspecified atom stereocenters. The normalized spacial score (nSPS) is 22.2. The first-order chi connectivity index (χ1) is 11.5. The lowest BCUT2D eigenvalue weighted by Crippen LogP contribution is -2.45. The Labute approximate surface area is 141 Å². The van der Waals surface area contributed by atoms with Crippen LogP contribution < -0.4 is 10.2 Å². The van der Waals surface area contributed by atoms with Gasteiger partial charge < -0.3 is 15.0 Å². The molecule has 0 spiro atoms. The molecule has 0 bridgehead atoms. The van der Waals surface area contributed by atoms with Crippen LogP contribution >= 0.6 is 0 Å². The number of carbonyl (C=O) groups excluding carboxylic acids is 1. The molecule has 1 aliphatic heterocycles. The van der Waals surface area contributed by atoms with Crippen LogP contribution in [0.3, 0.4) is 0 Å². The van der Waals surface area contributed by atoms with Crippen molar-refractivity contribution < 1.29 is 9.53 Å². The van der Waals surface area contributed by atoms with E-state index in [0.29, 0.717) is 5.69 Å². The molecule has 24 heavy (non-hydrogen) atoms. The summed E-state index contributed by atoms with van der Waals surface area (Å²) < 4.78 is 7.36. The third kappa shape index (κ3) is 3.73. The van der Waals surface area contributed by atoms with Crippen LogP contribution in [0.15, 0.2) is 36.8 Å². The van der Waals surface area contributed by atoms with Gasteiger partial charge in [0.15, 0.2) is 0 Å². The van der Waals surface area contributed by atoms with Crippen molar-refractivity contribution in [3.05, 3.63) is 36.8 Å². The Morgan fingerprint density at radius 1 is 1.33 bits per heavy atom. The maximum absolute atomic E-state index is 12.3. The standard InChI is InChI=1S/C17H23N5O2/c1-12-10-21(11-13(2)24-12)16-6-5-15(9-18-16)20-17(23)14(3)22-8-4-7-19-22/h4-9,12-14H,10-11H2,1-3H3,(H,20,23)/t12-,13-,14+/m1/s1. The number of nitrogens with zero attached hydrogens (tertiary/aromatic N) is 4. The number of anilines is 2. The summed E-state index contributed by atoms with van der Waals surface area (Å²) >= 11 is 0. The zero-order valence-electron chi connectivity index (χ0n) is 14.2. The minimum atomic E-state index is -0.374. The summed E-state index contributed by atoms with van der Waals surface area (Å²) in [6.45, 7) is 7.57. The lowest BCUT2D eigenvalue weighted by atomic mass is 10.2. The van der Waals surface area contributed by atoms with Crippen molar-refractivity contribution in [3.63, 3.8) is 0 Å². The van der Waals surface area contributed by atoms with Gasteiger partial charge in [0.1, 0.15) is 11.9 Å². The number of aromatic nitrogens is 3. The first-order valence-corrected chi connectivity index (χ1v) is 8.19. The zero-order chi connectivity index (χ0) is 17.1. The van der Waals surface area contributed by atoms with E-state index in [1.54, 1.807) is 36.3 Å². The van der Waals surface area contributed by atoms with E-state index in [9.17, 15) is 4.79 Å². The van der Waals surface area contributed by atoms with Crippen LogP contribution in [0.4, 0.5) is 11.5 Å². The molecule has 2 aromatic rings. The molecule has 7 heteroatoms. The lowest BCUT2D eigenvalue weighted by molar-refractivity contribution is -0.119. The fraction of sp³-hybridized carbons (Fsp3) is 0.471. The number of rotatable bonds is 4. The van der Waals surface area contributed by atoms with Crippen LogP contribution in [-0.4, -0.2) is 46.0 Å². The highest BCUT2D eigenvalue weighted by molar-refractivity contribution is 5.93. The molecule has 1 aliphatic rings. The summed E-state index contributed by atoms with van der Waals surface area (Å²) in [4.78, 5) is 18.9. The molecule has 0 aromatic carbocycles. The zero-order valence-corrected chi connectivity index (χ0v) is 14.2. The first kappa shape index (κ1) is 16.4. The van der Waals surface area contributed by atoms with Gasteiger partial charge in [0, 0.05) is 25.5 Å². The van der Waals surface area contributed by atoms with Crippen molar-refractivity contribution in [1.82, 2.24) is 14.8 Å². The second kappa shape index (κ2) is 7.00. The van der Waals surface area contributed by atoms with Crippen molar-refractivity contribution in [3.8, 4) is 0 Å². The molecule has 128 valence electrons. The molecule has 3 heterocycles. The van der Waals surface area contributed by atoms with Gasteiger partial charge in [0.25, 0.3) is 0 Å². The monoisotopic (exact) mass is 329 g/mol. The topological polar surface area (TPSA) is 72.3 Å². The van der Waals surface area contributed by atoms with Gasteiger partial charge in [0.2, 0.25) is 5.91 Å². The van der Waals surface area contributed by atoms with Gasteiger partial charge in [-0.15, -0.1) is 0 Å². The minimum Gasteiger partial charge on any atom is -0.372 e. The SMILES string of the molecule is C[C@@H]1CN(c2ccc(NC(=O)[C@H](C)n3cccn3)cn2)C[C@@H](C)O1. The fourth-order valence-corrected chi connectivity index (χ4v) is 2.89. The highest BCUT2D eigenvalue weighted by atomic mass is 16.5. The number of hydrogen-bond acceptors (Lipinski definition) is 5. The summed E-state index contributed by atoms with van der Waals surface area (Å²) in [6, 6.07) is 5.23. The number of pyridine rings is 1. The van der Waals surface area contributed by atoms with E-state index in [2.05, 4.69) is 34.1 Å². The van der Waals surface area contributed by atoms with E-state index in [4.69, 9.17) is 4.74 Å². The summed E-state index contributed by atoms with van der Waals surface area (Å²) in [5.74, 6) is 0.775. The molecule has 0 saturated carbocycles. The second-order valence-electron chi connectivity index (χ2n) is 6.22. The largest absolute Gasteiger partial charge is 0.372 e. The number of amides is 1. The number of hydrogen-bond donors (Lipinski definition) is 1. The smallest absolute Gasteiger partial charge is 0.248 e. The van der Waals surface area contributed by atoms with Crippen LogP contribution in [-0.2, 0) is 9.53 Å². The molecular weight excluding hydrogens is 306 g/mol. The maximum atomic E-state index is 12.3. The molecule has 1 fully saturated rings. The van der Waals surface area contributed by atoms with E-state index in [1.807, 2.05) is 12.1 Å². The van der Waals surface area contributed by atoms with E-state index >= 15 is 0 Å². The third-order valence-electron chi connectivity index (χ3n) is 4.06. The predicted octanol–water partition coefficient (Wildman–Crippen LogP) is 2.09. The molecule has 7 nitrogen and oxygen atoms in total. The van der Waals surface area contributed by atoms with Gasteiger partial charge in [-0.2, -0.15) is 5.10 Å². The molecular formula is C17H23N5O2. The molecule has 1 N–H and O–H groups in total. The van der Waals surface area contributed by atoms with Crippen molar-refractivity contribution >= 4 is 17.4 Å². The minimum absolute atomic E-state index is 0.123.